The molecule has 0 aliphatic rings. The van der Waals surface area contributed by atoms with Crippen LogP contribution >= 0.6 is 0 Å². The van der Waals surface area contributed by atoms with Gasteiger partial charge in [-0.3, -0.25) is 0 Å². The molecule has 0 spiro atoms. The highest BCUT2D eigenvalue weighted by Crippen LogP contribution is 2.19. The minimum atomic E-state index is 0.115. The molecule has 0 radical (unpaired) electrons. The van der Waals surface area contributed by atoms with Gasteiger partial charge >= 0.3 is 0 Å². The Balaban J connectivity index is 3.19. The molecular weight excluding hydrogens is 160 g/mol. The Morgan fingerprint density at radius 2 is 2.15 bits per heavy atom. The van der Waals surface area contributed by atoms with Gasteiger partial charge in [-0.1, -0.05) is 18.2 Å². The molecule has 0 saturated carbocycles. The first kappa shape index (κ1) is 10.0. The third-order valence-corrected chi connectivity index (χ3v) is 2.34. The van der Waals surface area contributed by atoms with E-state index in [0.717, 1.165) is 5.56 Å². The summed E-state index contributed by atoms with van der Waals surface area (Å²) < 4.78 is 0. The average molecular weight is 176 g/mol. The Morgan fingerprint density at radius 1 is 1.46 bits per heavy atom. The molecule has 0 bridgehead atoms. The molecule has 1 rings (SSSR count). The van der Waals surface area contributed by atoms with Gasteiger partial charge in [-0.2, -0.15) is 0 Å². The number of rotatable bonds is 2. The predicted molar refractivity (Wildman–Crippen MR) is 56.4 cm³/mol. The highest BCUT2D eigenvalue weighted by Gasteiger charge is 2.00. The summed E-state index contributed by atoms with van der Waals surface area (Å²) in [6, 6.07) is 6.06. The van der Waals surface area contributed by atoms with E-state index in [4.69, 9.17) is 5.11 Å². The van der Waals surface area contributed by atoms with Crippen molar-refractivity contribution in [3.8, 4) is 0 Å². The lowest BCUT2D eigenvalue weighted by atomic mass is 9.99. The van der Waals surface area contributed by atoms with Crippen LogP contribution in [0.3, 0.4) is 0 Å². The van der Waals surface area contributed by atoms with Crippen LogP contribution in [-0.2, 0) is 6.61 Å². The van der Waals surface area contributed by atoms with Gasteiger partial charge < -0.3 is 5.11 Å². The molecule has 0 aliphatic heterocycles. The number of aliphatic hydroxyl groups excluding tert-OH is 1. The quantitative estimate of drug-likeness (QED) is 0.734. The van der Waals surface area contributed by atoms with Crippen LogP contribution < -0.4 is 0 Å². The SMILES string of the molecule is C/C=C(\C)c1cc(CO)ccc1C. The van der Waals surface area contributed by atoms with Crippen LogP contribution in [0.4, 0.5) is 0 Å². The summed E-state index contributed by atoms with van der Waals surface area (Å²) in [5.74, 6) is 0. The fraction of sp³-hybridized carbons (Fsp3) is 0.333. The van der Waals surface area contributed by atoms with E-state index < -0.39 is 0 Å². The zero-order valence-electron chi connectivity index (χ0n) is 8.46. The molecule has 70 valence electrons. The summed E-state index contributed by atoms with van der Waals surface area (Å²) in [5.41, 5.74) is 4.72. The molecule has 0 saturated heterocycles. The maximum absolute atomic E-state index is 8.99. The lowest BCUT2D eigenvalue weighted by molar-refractivity contribution is 0.282. The molecule has 0 amide bonds. The van der Waals surface area contributed by atoms with Crippen LogP contribution in [0, 0.1) is 6.92 Å². The molecule has 1 aromatic rings. The Morgan fingerprint density at radius 3 is 2.69 bits per heavy atom. The number of aliphatic hydroxyl groups is 1. The Bertz CT molecular complexity index is 324. The second-order valence-corrected chi connectivity index (χ2v) is 3.28. The molecule has 0 aliphatic carbocycles. The van der Waals surface area contributed by atoms with Crippen molar-refractivity contribution in [2.45, 2.75) is 27.4 Å². The number of allylic oxidation sites excluding steroid dienone is 2. The zero-order chi connectivity index (χ0) is 9.84. The standard InChI is InChI=1S/C12H16O/c1-4-9(2)12-7-11(8-13)6-5-10(12)3/h4-7,13H,8H2,1-3H3/b9-4+. The minimum absolute atomic E-state index is 0.115. The normalized spacial score (nSPS) is 11.8. The van der Waals surface area contributed by atoms with E-state index in [1.165, 1.54) is 16.7 Å². The van der Waals surface area contributed by atoms with Crippen molar-refractivity contribution < 1.29 is 5.11 Å². The topological polar surface area (TPSA) is 20.2 Å². The van der Waals surface area contributed by atoms with E-state index in [-0.39, 0.29) is 6.61 Å². The van der Waals surface area contributed by atoms with E-state index in [2.05, 4.69) is 19.9 Å². The first-order valence-electron chi connectivity index (χ1n) is 4.52. The van der Waals surface area contributed by atoms with Gasteiger partial charge in [0.1, 0.15) is 0 Å². The van der Waals surface area contributed by atoms with Crippen molar-refractivity contribution in [2.75, 3.05) is 0 Å². The van der Waals surface area contributed by atoms with Gasteiger partial charge in [0, 0.05) is 0 Å². The van der Waals surface area contributed by atoms with E-state index >= 15 is 0 Å². The molecule has 13 heavy (non-hydrogen) atoms. The number of hydrogen-bond acceptors (Lipinski definition) is 1. The fourth-order valence-electron chi connectivity index (χ4n) is 1.35. The molecule has 1 N–H and O–H groups in total. The first-order valence-corrected chi connectivity index (χ1v) is 4.52. The van der Waals surface area contributed by atoms with Gasteiger partial charge in [-0.15, -0.1) is 0 Å². The van der Waals surface area contributed by atoms with Gasteiger partial charge in [0.15, 0.2) is 0 Å². The van der Waals surface area contributed by atoms with Crippen molar-refractivity contribution in [3.05, 3.63) is 41.0 Å². The van der Waals surface area contributed by atoms with Gasteiger partial charge in [0.2, 0.25) is 0 Å². The Kier molecular flexibility index (Phi) is 3.26. The first-order chi connectivity index (χ1) is 6.19. The van der Waals surface area contributed by atoms with E-state index in [9.17, 15) is 0 Å². The molecule has 0 heterocycles. The molecular formula is C12H16O. The minimum Gasteiger partial charge on any atom is -0.392 e. The average Bonchev–Trinajstić information content (AvgIpc) is 2.17. The van der Waals surface area contributed by atoms with Gasteiger partial charge in [-0.25, -0.2) is 0 Å². The van der Waals surface area contributed by atoms with Crippen LogP contribution in [0.25, 0.3) is 5.57 Å². The van der Waals surface area contributed by atoms with Crippen LogP contribution in [0.2, 0.25) is 0 Å². The third kappa shape index (κ3) is 2.19. The summed E-state index contributed by atoms with van der Waals surface area (Å²) in [5, 5.41) is 8.99. The Hall–Kier alpha value is -1.08. The van der Waals surface area contributed by atoms with Crippen molar-refractivity contribution in [2.24, 2.45) is 0 Å². The third-order valence-electron chi connectivity index (χ3n) is 2.34. The van der Waals surface area contributed by atoms with E-state index in [1.54, 1.807) is 0 Å². The van der Waals surface area contributed by atoms with Crippen LogP contribution in [0.5, 0.6) is 0 Å². The molecule has 1 heteroatoms. The van der Waals surface area contributed by atoms with Crippen LogP contribution in [0.1, 0.15) is 30.5 Å². The van der Waals surface area contributed by atoms with Gasteiger partial charge in [0.25, 0.3) is 0 Å². The molecule has 0 unspecified atom stereocenters. The van der Waals surface area contributed by atoms with Crippen molar-refractivity contribution in [3.63, 3.8) is 0 Å². The molecule has 0 atom stereocenters. The molecule has 0 fully saturated rings. The summed E-state index contributed by atoms with van der Waals surface area (Å²) in [7, 11) is 0. The molecule has 0 aromatic heterocycles. The Labute approximate surface area is 79.7 Å². The summed E-state index contributed by atoms with van der Waals surface area (Å²) in [6.07, 6.45) is 2.09. The summed E-state index contributed by atoms with van der Waals surface area (Å²) in [4.78, 5) is 0. The lowest BCUT2D eigenvalue weighted by Gasteiger charge is -2.07. The van der Waals surface area contributed by atoms with Crippen LogP contribution in [-0.4, -0.2) is 5.11 Å². The van der Waals surface area contributed by atoms with Crippen molar-refractivity contribution in [1.82, 2.24) is 0 Å². The second kappa shape index (κ2) is 4.24. The second-order valence-electron chi connectivity index (χ2n) is 3.28. The van der Waals surface area contributed by atoms with Crippen molar-refractivity contribution in [1.29, 1.82) is 0 Å². The number of benzene rings is 1. The van der Waals surface area contributed by atoms with E-state index in [1.807, 2.05) is 25.1 Å². The highest BCUT2D eigenvalue weighted by molar-refractivity contribution is 5.66. The van der Waals surface area contributed by atoms with Gasteiger partial charge in [-0.05, 0) is 49.1 Å². The monoisotopic (exact) mass is 176 g/mol. The summed E-state index contributed by atoms with van der Waals surface area (Å²) >= 11 is 0. The lowest BCUT2D eigenvalue weighted by Crippen LogP contribution is -1.90. The molecule has 1 aromatic carbocycles. The maximum Gasteiger partial charge on any atom is 0.0682 e. The maximum atomic E-state index is 8.99. The van der Waals surface area contributed by atoms with Crippen molar-refractivity contribution >= 4 is 5.57 Å². The van der Waals surface area contributed by atoms with E-state index in [0.29, 0.717) is 0 Å². The number of hydrogen-bond donors (Lipinski definition) is 1. The zero-order valence-corrected chi connectivity index (χ0v) is 8.46. The highest BCUT2D eigenvalue weighted by atomic mass is 16.3. The van der Waals surface area contributed by atoms with Crippen LogP contribution in [0.15, 0.2) is 24.3 Å². The fourth-order valence-corrected chi connectivity index (χ4v) is 1.35. The largest absolute Gasteiger partial charge is 0.392 e. The van der Waals surface area contributed by atoms with Gasteiger partial charge in [0.05, 0.1) is 6.61 Å². The smallest absolute Gasteiger partial charge is 0.0682 e. The number of aryl methyl sites for hydroxylation is 1. The molecule has 1 nitrogen and oxygen atoms in total. The predicted octanol–water partition coefficient (Wildman–Crippen LogP) is 2.91. The summed E-state index contributed by atoms with van der Waals surface area (Å²) in [6.45, 7) is 6.32.